The zero-order valence-corrected chi connectivity index (χ0v) is 16.8. The van der Waals surface area contributed by atoms with Crippen LogP contribution in [0.5, 0.6) is 0 Å². The topological polar surface area (TPSA) is 103 Å². The molecule has 5 aliphatic heterocycles. The number of epoxide rings is 4. The molecule has 5 heterocycles. The first kappa shape index (κ1) is 18.8. The van der Waals surface area contributed by atoms with Crippen LogP contribution in [0.1, 0.15) is 53.4 Å². The van der Waals surface area contributed by atoms with Crippen molar-refractivity contribution in [3.63, 3.8) is 0 Å². The minimum atomic E-state index is -0.881. The van der Waals surface area contributed by atoms with Gasteiger partial charge in [-0.25, -0.2) is 9.59 Å². The maximum absolute atomic E-state index is 12.4. The molecule has 8 atom stereocenters. The zero-order valence-electron chi connectivity index (χ0n) is 16.8. The normalized spacial score (nSPS) is 55.7. The van der Waals surface area contributed by atoms with Crippen LogP contribution in [-0.2, 0) is 38.0 Å². The quantitative estimate of drug-likeness (QED) is 0.446. The van der Waals surface area contributed by atoms with Crippen LogP contribution in [-0.4, -0.2) is 72.0 Å². The fourth-order valence-electron chi connectivity index (χ4n) is 4.42. The number of hydrogen-bond acceptors (Lipinski definition) is 8. The molecule has 5 rings (SSSR count). The van der Waals surface area contributed by atoms with Gasteiger partial charge in [-0.15, -0.1) is 0 Å². The van der Waals surface area contributed by atoms with Crippen LogP contribution in [0.3, 0.4) is 0 Å². The molecule has 0 aromatic heterocycles. The van der Waals surface area contributed by atoms with E-state index in [1.165, 1.54) is 0 Å². The molecule has 0 spiro atoms. The monoisotopic (exact) mass is 396 g/mol. The van der Waals surface area contributed by atoms with Gasteiger partial charge in [0, 0.05) is 0 Å². The molecule has 0 unspecified atom stereocenters. The van der Waals surface area contributed by atoms with Crippen molar-refractivity contribution in [3.05, 3.63) is 0 Å². The first-order valence-electron chi connectivity index (χ1n) is 10.1. The van der Waals surface area contributed by atoms with E-state index >= 15 is 0 Å². The van der Waals surface area contributed by atoms with Crippen molar-refractivity contribution in [2.45, 2.75) is 100 Å². The molecular formula is C20H28O8. The Morgan fingerprint density at radius 3 is 1.43 bits per heavy atom. The van der Waals surface area contributed by atoms with E-state index in [0.29, 0.717) is 12.8 Å². The Balaban J connectivity index is 1.25. The van der Waals surface area contributed by atoms with Gasteiger partial charge in [-0.05, 0) is 53.4 Å². The van der Waals surface area contributed by atoms with Gasteiger partial charge in [-0.1, -0.05) is 0 Å². The fourth-order valence-corrected chi connectivity index (χ4v) is 4.42. The molecule has 5 aliphatic rings. The summed E-state index contributed by atoms with van der Waals surface area (Å²) in [6.45, 7) is 7.96. The second kappa shape index (κ2) is 5.68. The molecular weight excluding hydrogens is 368 g/mol. The maximum Gasteiger partial charge on any atom is 0.340 e. The van der Waals surface area contributed by atoms with Crippen LogP contribution in [0, 0.1) is 0 Å². The predicted molar refractivity (Wildman–Crippen MR) is 93.5 cm³/mol. The van der Waals surface area contributed by atoms with Crippen molar-refractivity contribution in [2.24, 2.45) is 0 Å². The summed E-state index contributed by atoms with van der Waals surface area (Å²) in [5.74, 6) is -0.663. The lowest BCUT2D eigenvalue weighted by Gasteiger charge is -2.11. The highest BCUT2D eigenvalue weighted by molar-refractivity contribution is 5.83. The molecule has 28 heavy (non-hydrogen) atoms. The first-order valence-corrected chi connectivity index (χ1v) is 10.1. The van der Waals surface area contributed by atoms with Crippen molar-refractivity contribution >= 4 is 11.9 Å². The summed E-state index contributed by atoms with van der Waals surface area (Å²) in [7, 11) is 0. The summed E-state index contributed by atoms with van der Waals surface area (Å²) in [6, 6.07) is 0. The Bertz CT molecular complexity index is 665. The third kappa shape index (κ3) is 2.96. The van der Waals surface area contributed by atoms with Crippen molar-refractivity contribution in [2.75, 3.05) is 13.2 Å². The van der Waals surface area contributed by atoms with E-state index in [1.54, 1.807) is 13.8 Å². The average molecular weight is 396 g/mol. The molecule has 0 aromatic carbocycles. The average Bonchev–Trinajstić information content (AvgIpc) is 3.55. The van der Waals surface area contributed by atoms with Crippen LogP contribution in [0.2, 0.25) is 0 Å². The summed E-state index contributed by atoms with van der Waals surface area (Å²) in [6.07, 6.45) is 2.22. The van der Waals surface area contributed by atoms with E-state index in [4.69, 9.17) is 28.4 Å². The lowest BCUT2D eigenvalue weighted by Crippen LogP contribution is -2.30. The summed E-state index contributed by atoms with van der Waals surface area (Å²) in [5.41, 5.74) is -2.46. The standard InChI is InChI=1S/C20H28O8/c1-17-7-5-11-19(3,27-11)16(22)24-10-14-18(2,26-14)8-6-12-20(4,28-12)15(21)23-9-13(17)25-17/h11-14H,5-10H2,1-4H3/t11-,12+,13-,14+,17+,18-,19+,20-. The largest absolute Gasteiger partial charge is 0.461 e. The van der Waals surface area contributed by atoms with Gasteiger partial charge in [0.1, 0.15) is 25.4 Å². The highest BCUT2D eigenvalue weighted by Crippen LogP contribution is 2.49. The van der Waals surface area contributed by atoms with Crippen LogP contribution in [0.4, 0.5) is 0 Å². The Labute approximate surface area is 164 Å². The third-order valence-corrected chi connectivity index (χ3v) is 7.31. The van der Waals surface area contributed by atoms with Gasteiger partial charge in [-0.2, -0.15) is 0 Å². The molecule has 0 aromatic rings. The number of carbonyl (C=O) groups excluding carboxylic acids is 2. The van der Waals surface area contributed by atoms with Gasteiger partial charge in [0.05, 0.1) is 23.4 Å². The Morgan fingerprint density at radius 1 is 0.643 bits per heavy atom. The molecule has 5 saturated heterocycles. The predicted octanol–water partition coefficient (Wildman–Crippen LogP) is 1.28. The highest BCUT2D eigenvalue weighted by atomic mass is 16.7. The number of cyclic esters (lactones) is 2. The van der Waals surface area contributed by atoms with E-state index in [-0.39, 0.29) is 60.8 Å². The molecule has 5 fully saturated rings. The van der Waals surface area contributed by atoms with Crippen molar-refractivity contribution in [1.82, 2.24) is 0 Å². The second-order valence-electron chi connectivity index (χ2n) is 9.54. The highest BCUT2D eigenvalue weighted by Gasteiger charge is 2.64. The number of esters is 2. The SMILES string of the molecule is C[C@@]12CC[C@@H]3O[C@@]3(C)C(=O)OC[C@H]3O[C@@]3(C)CC[C@H]3O[C@]3(C)C(=O)OC[C@@H]1O2. The minimum absolute atomic E-state index is 0.132. The van der Waals surface area contributed by atoms with Crippen LogP contribution in [0.15, 0.2) is 0 Å². The van der Waals surface area contributed by atoms with Crippen molar-refractivity contribution in [3.8, 4) is 0 Å². The maximum atomic E-state index is 12.4. The first-order chi connectivity index (χ1) is 13.1. The van der Waals surface area contributed by atoms with Gasteiger partial charge in [0.15, 0.2) is 11.2 Å². The molecule has 0 amide bonds. The van der Waals surface area contributed by atoms with E-state index < -0.39 is 11.2 Å². The van der Waals surface area contributed by atoms with Crippen LogP contribution in [0.25, 0.3) is 0 Å². The molecule has 0 N–H and O–H groups in total. The third-order valence-electron chi connectivity index (χ3n) is 7.31. The van der Waals surface area contributed by atoms with Gasteiger partial charge in [-0.3, -0.25) is 0 Å². The minimum Gasteiger partial charge on any atom is -0.461 e. The van der Waals surface area contributed by atoms with Gasteiger partial charge in [0.25, 0.3) is 0 Å². The van der Waals surface area contributed by atoms with E-state index in [2.05, 4.69) is 0 Å². The molecule has 0 radical (unpaired) electrons. The summed E-state index contributed by atoms with van der Waals surface area (Å²) in [5, 5.41) is 0. The Morgan fingerprint density at radius 2 is 1.04 bits per heavy atom. The fraction of sp³-hybridized carbons (Fsp3) is 0.900. The van der Waals surface area contributed by atoms with Gasteiger partial charge in [0.2, 0.25) is 0 Å². The summed E-state index contributed by atoms with van der Waals surface area (Å²) in [4.78, 5) is 24.9. The number of ether oxygens (including phenoxy) is 6. The molecule has 156 valence electrons. The molecule has 0 saturated carbocycles. The summed E-state index contributed by atoms with van der Waals surface area (Å²) < 4.78 is 33.7. The Hall–Kier alpha value is -1.22. The van der Waals surface area contributed by atoms with Crippen molar-refractivity contribution < 1.29 is 38.0 Å². The number of hydrogen-bond donors (Lipinski definition) is 0. The van der Waals surface area contributed by atoms with Gasteiger partial charge < -0.3 is 28.4 Å². The second-order valence-corrected chi connectivity index (χ2v) is 9.54. The lowest BCUT2D eigenvalue weighted by molar-refractivity contribution is -0.150. The van der Waals surface area contributed by atoms with Crippen LogP contribution >= 0.6 is 0 Å². The van der Waals surface area contributed by atoms with Crippen molar-refractivity contribution in [1.29, 1.82) is 0 Å². The number of rotatable bonds is 0. The lowest BCUT2D eigenvalue weighted by atomic mass is 9.95. The van der Waals surface area contributed by atoms with E-state index in [0.717, 1.165) is 12.8 Å². The van der Waals surface area contributed by atoms with E-state index in [9.17, 15) is 9.59 Å². The number of carbonyl (C=O) groups is 2. The summed E-state index contributed by atoms with van der Waals surface area (Å²) >= 11 is 0. The molecule has 8 nitrogen and oxygen atoms in total. The van der Waals surface area contributed by atoms with E-state index in [1.807, 2.05) is 13.8 Å². The molecule has 0 bridgehead atoms. The zero-order chi connectivity index (χ0) is 19.9. The smallest absolute Gasteiger partial charge is 0.340 e. The number of fused-ring (bicyclic) bond motifs is 4. The van der Waals surface area contributed by atoms with Crippen LogP contribution < -0.4 is 0 Å². The molecule has 8 heteroatoms. The van der Waals surface area contributed by atoms with Gasteiger partial charge >= 0.3 is 11.9 Å². The Kier molecular flexibility index (Phi) is 3.81. The molecule has 0 aliphatic carbocycles.